The first-order chi connectivity index (χ1) is 9.38. The van der Waals surface area contributed by atoms with Gasteiger partial charge in [-0.05, 0) is 29.8 Å². The third-order valence-corrected chi connectivity index (χ3v) is 3.57. The second-order valence-electron chi connectivity index (χ2n) is 4.00. The van der Waals surface area contributed by atoms with Crippen molar-refractivity contribution in [1.29, 1.82) is 5.26 Å². The maximum atomic E-state index is 8.76. The van der Waals surface area contributed by atoms with E-state index < -0.39 is 0 Å². The highest BCUT2D eigenvalue weighted by Gasteiger charge is 1.96. The van der Waals surface area contributed by atoms with E-state index in [1.54, 1.807) is 6.20 Å². The van der Waals surface area contributed by atoms with Gasteiger partial charge in [0.1, 0.15) is 11.8 Å². The van der Waals surface area contributed by atoms with E-state index in [-0.39, 0.29) is 0 Å². The standard InChI is InChI=1S/C15H15N3S/c16-11-14-10-13(6-7-18-14)12-17-8-9-19-15-4-2-1-3-5-15/h1-7,10,17H,8-9,12H2. The monoisotopic (exact) mass is 269 g/mol. The van der Waals surface area contributed by atoms with E-state index in [0.717, 1.165) is 24.4 Å². The zero-order chi connectivity index (χ0) is 13.3. The first kappa shape index (κ1) is 13.6. The lowest BCUT2D eigenvalue weighted by molar-refractivity contribution is 0.731. The summed E-state index contributed by atoms with van der Waals surface area (Å²) < 4.78 is 0. The van der Waals surface area contributed by atoms with Crippen molar-refractivity contribution in [1.82, 2.24) is 10.3 Å². The van der Waals surface area contributed by atoms with Gasteiger partial charge in [0.2, 0.25) is 0 Å². The summed E-state index contributed by atoms with van der Waals surface area (Å²) in [6, 6.07) is 16.2. The van der Waals surface area contributed by atoms with Gasteiger partial charge in [-0.1, -0.05) is 18.2 Å². The van der Waals surface area contributed by atoms with Gasteiger partial charge >= 0.3 is 0 Å². The van der Waals surface area contributed by atoms with Crippen molar-refractivity contribution < 1.29 is 0 Å². The zero-order valence-electron chi connectivity index (χ0n) is 10.5. The number of nitrogens with zero attached hydrogens (tertiary/aromatic N) is 2. The Morgan fingerprint density at radius 3 is 2.84 bits per heavy atom. The number of benzene rings is 1. The molecule has 0 atom stereocenters. The highest BCUT2D eigenvalue weighted by Crippen LogP contribution is 2.15. The molecule has 3 nitrogen and oxygen atoms in total. The zero-order valence-corrected chi connectivity index (χ0v) is 11.4. The Balaban J connectivity index is 1.68. The summed E-state index contributed by atoms with van der Waals surface area (Å²) >= 11 is 1.84. The van der Waals surface area contributed by atoms with Crippen LogP contribution in [0.3, 0.4) is 0 Å². The second kappa shape index (κ2) is 7.57. The minimum absolute atomic E-state index is 0.470. The molecule has 0 aliphatic carbocycles. The minimum Gasteiger partial charge on any atom is -0.312 e. The molecule has 1 aromatic carbocycles. The molecule has 0 spiro atoms. The molecule has 0 unspecified atom stereocenters. The molecule has 0 bridgehead atoms. The van der Waals surface area contributed by atoms with Gasteiger partial charge in [0, 0.05) is 29.9 Å². The minimum atomic E-state index is 0.470. The number of nitrogens with one attached hydrogen (secondary N) is 1. The lowest BCUT2D eigenvalue weighted by Crippen LogP contribution is -2.16. The molecule has 2 aromatic rings. The predicted molar refractivity (Wildman–Crippen MR) is 77.8 cm³/mol. The van der Waals surface area contributed by atoms with E-state index in [1.165, 1.54) is 4.90 Å². The van der Waals surface area contributed by atoms with Gasteiger partial charge in [0.25, 0.3) is 0 Å². The molecule has 1 aromatic heterocycles. The van der Waals surface area contributed by atoms with Crippen LogP contribution in [0.1, 0.15) is 11.3 Å². The summed E-state index contributed by atoms with van der Waals surface area (Å²) in [7, 11) is 0. The summed E-state index contributed by atoms with van der Waals surface area (Å²) in [6.07, 6.45) is 1.67. The van der Waals surface area contributed by atoms with Crippen molar-refractivity contribution in [2.24, 2.45) is 0 Å². The van der Waals surface area contributed by atoms with E-state index in [4.69, 9.17) is 5.26 Å². The van der Waals surface area contributed by atoms with Crippen LogP contribution in [0.5, 0.6) is 0 Å². The Labute approximate surface area is 117 Å². The molecular weight excluding hydrogens is 254 g/mol. The maximum absolute atomic E-state index is 8.76. The van der Waals surface area contributed by atoms with E-state index in [0.29, 0.717) is 5.69 Å². The lowest BCUT2D eigenvalue weighted by atomic mass is 10.2. The van der Waals surface area contributed by atoms with Crippen LogP contribution in [-0.4, -0.2) is 17.3 Å². The van der Waals surface area contributed by atoms with Crippen LogP contribution in [0.25, 0.3) is 0 Å². The third-order valence-electron chi connectivity index (χ3n) is 2.56. The molecule has 0 radical (unpaired) electrons. The van der Waals surface area contributed by atoms with Gasteiger partial charge in [-0.2, -0.15) is 5.26 Å². The molecule has 1 N–H and O–H groups in total. The molecule has 0 aliphatic rings. The molecule has 96 valence electrons. The number of pyridine rings is 1. The number of thioether (sulfide) groups is 1. The highest BCUT2D eigenvalue weighted by molar-refractivity contribution is 7.99. The smallest absolute Gasteiger partial charge is 0.140 e. The molecule has 4 heteroatoms. The van der Waals surface area contributed by atoms with Gasteiger partial charge in [-0.3, -0.25) is 0 Å². The first-order valence-corrected chi connectivity index (χ1v) is 7.10. The Morgan fingerprint density at radius 2 is 2.05 bits per heavy atom. The van der Waals surface area contributed by atoms with Crippen LogP contribution in [-0.2, 0) is 6.54 Å². The quantitative estimate of drug-likeness (QED) is 0.647. The van der Waals surface area contributed by atoms with Crippen LogP contribution in [0.15, 0.2) is 53.6 Å². The van der Waals surface area contributed by atoms with Crippen molar-refractivity contribution >= 4 is 11.8 Å². The van der Waals surface area contributed by atoms with E-state index >= 15 is 0 Å². The number of rotatable bonds is 6. The summed E-state index contributed by atoms with van der Waals surface area (Å²) in [5.74, 6) is 1.03. The van der Waals surface area contributed by atoms with Crippen molar-refractivity contribution in [2.45, 2.75) is 11.4 Å². The molecule has 0 amide bonds. The lowest BCUT2D eigenvalue weighted by Gasteiger charge is -2.05. The third kappa shape index (κ3) is 4.74. The molecule has 2 rings (SSSR count). The molecule has 0 aliphatic heterocycles. The Bertz CT molecular complexity index is 549. The van der Waals surface area contributed by atoms with Crippen molar-refractivity contribution in [3.05, 3.63) is 59.9 Å². The average Bonchev–Trinajstić information content (AvgIpc) is 2.48. The highest BCUT2D eigenvalue weighted by atomic mass is 32.2. The molecule has 0 saturated carbocycles. The van der Waals surface area contributed by atoms with Gasteiger partial charge in [-0.15, -0.1) is 11.8 Å². The van der Waals surface area contributed by atoms with Gasteiger partial charge in [0.15, 0.2) is 0 Å². The first-order valence-electron chi connectivity index (χ1n) is 6.12. The van der Waals surface area contributed by atoms with Crippen LogP contribution in [0.4, 0.5) is 0 Å². The number of nitriles is 1. The van der Waals surface area contributed by atoms with Crippen LogP contribution in [0.2, 0.25) is 0 Å². The summed E-state index contributed by atoms with van der Waals surface area (Å²) in [5, 5.41) is 12.1. The summed E-state index contributed by atoms with van der Waals surface area (Å²) in [4.78, 5) is 5.24. The Morgan fingerprint density at radius 1 is 1.21 bits per heavy atom. The largest absolute Gasteiger partial charge is 0.312 e. The Hall–Kier alpha value is -1.83. The molecule has 19 heavy (non-hydrogen) atoms. The summed E-state index contributed by atoms with van der Waals surface area (Å²) in [6.45, 7) is 1.70. The van der Waals surface area contributed by atoms with Crippen molar-refractivity contribution in [2.75, 3.05) is 12.3 Å². The molecule has 0 saturated heterocycles. The topological polar surface area (TPSA) is 48.7 Å². The fraction of sp³-hybridized carbons (Fsp3) is 0.200. The van der Waals surface area contributed by atoms with Gasteiger partial charge < -0.3 is 5.32 Å². The summed E-state index contributed by atoms with van der Waals surface area (Å²) in [5.41, 5.74) is 1.56. The van der Waals surface area contributed by atoms with Gasteiger partial charge in [-0.25, -0.2) is 4.98 Å². The average molecular weight is 269 g/mol. The fourth-order valence-electron chi connectivity index (χ4n) is 1.64. The normalized spacial score (nSPS) is 10.1. The Kier molecular flexibility index (Phi) is 5.42. The van der Waals surface area contributed by atoms with Gasteiger partial charge in [0.05, 0.1) is 0 Å². The van der Waals surface area contributed by atoms with E-state index in [1.807, 2.05) is 36.0 Å². The van der Waals surface area contributed by atoms with Crippen LogP contribution in [0, 0.1) is 11.3 Å². The number of hydrogen-bond donors (Lipinski definition) is 1. The van der Waals surface area contributed by atoms with Crippen LogP contribution >= 0.6 is 11.8 Å². The molecular formula is C15H15N3S. The molecule has 0 fully saturated rings. The van der Waals surface area contributed by atoms with Crippen LogP contribution < -0.4 is 5.32 Å². The predicted octanol–water partition coefficient (Wildman–Crippen LogP) is 2.84. The second-order valence-corrected chi connectivity index (χ2v) is 5.17. The fourth-order valence-corrected chi connectivity index (χ4v) is 2.47. The molecule has 1 heterocycles. The number of aromatic nitrogens is 1. The van der Waals surface area contributed by atoms with E-state index in [2.05, 4.69) is 34.6 Å². The maximum Gasteiger partial charge on any atom is 0.140 e. The van der Waals surface area contributed by atoms with Crippen molar-refractivity contribution in [3.8, 4) is 6.07 Å². The number of hydrogen-bond acceptors (Lipinski definition) is 4. The van der Waals surface area contributed by atoms with Crippen molar-refractivity contribution in [3.63, 3.8) is 0 Å². The SMILES string of the molecule is N#Cc1cc(CNCCSc2ccccc2)ccn1. The van der Waals surface area contributed by atoms with E-state index in [9.17, 15) is 0 Å².